The van der Waals surface area contributed by atoms with Crippen molar-refractivity contribution in [2.24, 2.45) is 0 Å². The van der Waals surface area contributed by atoms with Gasteiger partial charge in [0.2, 0.25) is 0 Å². The third kappa shape index (κ3) is 2.08. The topological polar surface area (TPSA) is 51.4 Å². The van der Waals surface area contributed by atoms with E-state index in [1.54, 1.807) is 12.3 Å². The maximum Gasteiger partial charge on any atom is 0.308 e. The number of allylic oxidation sites excluding steroid dienone is 1. The highest BCUT2D eigenvalue weighted by Crippen LogP contribution is 2.18. The van der Waals surface area contributed by atoms with E-state index in [1.165, 1.54) is 6.07 Å². The van der Waals surface area contributed by atoms with Crippen LogP contribution in [0.3, 0.4) is 0 Å². The fourth-order valence-corrected chi connectivity index (χ4v) is 2.34. The number of imidazole rings is 1. The lowest BCUT2D eigenvalue weighted by atomic mass is 10.3. The van der Waals surface area contributed by atoms with Gasteiger partial charge >= 0.3 is 5.69 Å². The molecule has 0 aliphatic rings. The molecule has 1 aromatic carbocycles. The van der Waals surface area contributed by atoms with Crippen LogP contribution in [0.25, 0.3) is 16.7 Å². The molecule has 3 rings (SSSR count). The molecule has 0 fully saturated rings. The number of fused-ring (bicyclic) bond motifs is 3. The van der Waals surface area contributed by atoms with Crippen LogP contribution >= 0.6 is 0 Å². The number of nitro groups is 1. The minimum absolute atomic E-state index is 0. The zero-order valence-electron chi connectivity index (χ0n) is 10.6. The molecule has 0 radical (unpaired) electrons. The second-order valence-corrected chi connectivity index (χ2v) is 4.26. The normalized spacial score (nSPS) is 10.4. The Labute approximate surface area is 125 Å². The van der Waals surface area contributed by atoms with E-state index in [0.717, 1.165) is 16.7 Å². The van der Waals surface area contributed by atoms with Crippen LogP contribution < -0.4 is 21.5 Å². The molecule has 2 heterocycles. The molecule has 0 unspecified atom stereocenters. The number of nitrogens with zero attached hydrogens (tertiary/aromatic N) is 3. The highest BCUT2D eigenvalue weighted by atomic mass is 79.9. The summed E-state index contributed by atoms with van der Waals surface area (Å²) in [6, 6.07) is 11.1. The smallest absolute Gasteiger partial charge is 0.308 e. The summed E-state index contributed by atoms with van der Waals surface area (Å²) in [6.07, 6.45) is 3.37. The molecule has 0 bridgehead atoms. The molecule has 102 valence electrons. The average molecular weight is 334 g/mol. The Morgan fingerprint density at radius 2 is 2.05 bits per heavy atom. The molecule has 0 atom stereocenters. The first kappa shape index (κ1) is 14.2. The minimum atomic E-state index is -0.383. The molecular formula is C14H12BrN3O2. The molecule has 2 aromatic heterocycles. The van der Waals surface area contributed by atoms with Gasteiger partial charge in [-0.05, 0) is 12.1 Å². The lowest BCUT2D eigenvalue weighted by Crippen LogP contribution is -3.00. The molecule has 0 aliphatic carbocycles. The van der Waals surface area contributed by atoms with Crippen molar-refractivity contribution in [3.05, 3.63) is 65.4 Å². The van der Waals surface area contributed by atoms with E-state index in [-0.39, 0.29) is 27.6 Å². The van der Waals surface area contributed by atoms with Crippen LogP contribution in [0.5, 0.6) is 0 Å². The van der Waals surface area contributed by atoms with Gasteiger partial charge in [-0.3, -0.25) is 10.1 Å². The summed E-state index contributed by atoms with van der Waals surface area (Å²) in [4.78, 5) is 10.5. The molecule has 5 nitrogen and oxygen atoms in total. The number of rotatable bonds is 3. The van der Waals surface area contributed by atoms with Crippen molar-refractivity contribution >= 4 is 22.4 Å². The van der Waals surface area contributed by atoms with Gasteiger partial charge in [0.15, 0.2) is 17.2 Å². The predicted molar refractivity (Wildman–Crippen MR) is 71.9 cm³/mol. The van der Waals surface area contributed by atoms with Crippen LogP contribution in [-0.2, 0) is 6.54 Å². The van der Waals surface area contributed by atoms with Gasteiger partial charge in [-0.2, -0.15) is 4.40 Å². The van der Waals surface area contributed by atoms with Crippen LogP contribution in [0.4, 0.5) is 5.69 Å². The van der Waals surface area contributed by atoms with Gasteiger partial charge in [-0.25, -0.2) is 4.57 Å². The Kier molecular flexibility index (Phi) is 3.85. The summed E-state index contributed by atoms with van der Waals surface area (Å²) >= 11 is 0. The van der Waals surface area contributed by atoms with Crippen molar-refractivity contribution in [3.8, 4) is 0 Å². The van der Waals surface area contributed by atoms with E-state index in [9.17, 15) is 10.1 Å². The summed E-state index contributed by atoms with van der Waals surface area (Å²) in [5, 5.41) is 10.9. The quantitative estimate of drug-likeness (QED) is 0.280. The van der Waals surface area contributed by atoms with Crippen LogP contribution in [-0.4, -0.2) is 9.32 Å². The molecule has 3 aromatic rings. The number of pyridine rings is 1. The van der Waals surface area contributed by atoms with Crippen molar-refractivity contribution in [1.29, 1.82) is 0 Å². The molecule has 0 N–H and O–H groups in total. The fourth-order valence-electron chi connectivity index (χ4n) is 2.34. The number of hydrogen-bond donors (Lipinski definition) is 0. The standard InChI is InChI=1S/C14H12N3O2.BrH/c1-2-9-15-12-5-3-4-6-13(12)16-10-11(17(18)19)7-8-14(15)16;/h2-8,10H,1,9H2;1H/q+1;/p-1. The first-order valence-electron chi connectivity index (χ1n) is 5.90. The van der Waals surface area contributed by atoms with Gasteiger partial charge in [0.05, 0.1) is 4.92 Å². The van der Waals surface area contributed by atoms with Crippen molar-refractivity contribution in [3.63, 3.8) is 0 Å². The summed E-state index contributed by atoms with van der Waals surface area (Å²) in [7, 11) is 0. The van der Waals surface area contributed by atoms with Crippen molar-refractivity contribution in [2.75, 3.05) is 0 Å². The van der Waals surface area contributed by atoms with Crippen LogP contribution in [0.15, 0.2) is 55.3 Å². The molecule has 0 spiro atoms. The maximum absolute atomic E-state index is 10.9. The zero-order valence-corrected chi connectivity index (χ0v) is 12.2. The van der Waals surface area contributed by atoms with E-state index in [1.807, 2.05) is 34.7 Å². The molecule has 20 heavy (non-hydrogen) atoms. The van der Waals surface area contributed by atoms with E-state index in [4.69, 9.17) is 0 Å². The molecule has 0 aliphatic heterocycles. The fraction of sp³-hybridized carbons (Fsp3) is 0.0714. The maximum atomic E-state index is 10.9. The van der Waals surface area contributed by atoms with Crippen molar-refractivity contribution in [2.45, 2.75) is 6.54 Å². The van der Waals surface area contributed by atoms with E-state index in [0.29, 0.717) is 6.54 Å². The third-order valence-corrected chi connectivity index (χ3v) is 3.14. The first-order chi connectivity index (χ1) is 9.22. The van der Waals surface area contributed by atoms with Gasteiger partial charge in [0, 0.05) is 12.1 Å². The highest BCUT2D eigenvalue weighted by Gasteiger charge is 2.20. The Balaban J connectivity index is 0.00000147. The Hall–Kier alpha value is -2.21. The van der Waals surface area contributed by atoms with E-state index in [2.05, 4.69) is 11.1 Å². The number of benzene rings is 1. The number of hydrogen-bond acceptors (Lipinski definition) is 2. The lowest BCUT2D eigenvalue weighted by molar-refractivity contribution is -0.635. The Morgan fingerprint density at radius 1 is 1.30 bits per heavy atom. The SMILES string of the molecule is C=CC[n+]1c2ccccc2n2cc([N+](=O)[O-])ccc21.[Br-]. The van der Waals surface area contributed by atoms with E-state index < -0.39 is 0 Å². The van der Waals surface area contributed by atoms with Gasteiger partial charge in [0.25, 0.3) is 5.65 Å². The Bertz CT molecular complexity index is 811. The van der Waals surface area contributed by atoms with Crippen molar-refractivity contribution in [1.82, 2.24) is 4.40 Å². The summed E-state index contributed by atoms with van der Waals surface area (Å²) in [5.41, 5.74) is 2.97. The average Bonchev–Trinajstić information content (AvgIpc) is 2.74. The largest absolute Gasteiger partial charge is 1.00 e. The molecule has 0 saturated carbocycles. The molecular weight excluding hydrogens is 322 g/mol. The van der Waals surface area contributed by atoms with Gasteiger partial charge in [0.1, 0.15) is 6.54 Å². The van der Waals surface area contributed by atoms with Crippen molar-refractivity contribution < 1.29 is 26.5 Å². The monoisotopic (exact) mass is 333 g/mol. The number of para-hydroxylation sites is 2. The van der Waals surface area contributed by atoms with Crippen LogP contribution in [0.2, 0.25) is 0 Å². The molecule has 0 saturated heterocycles. The summed E-state index contributed by atoms with van der Waals surface area (Å²) in [6.45, 7) is 4.42. The number of halogens is 1. The second kappa shape index (κ2) is 5.42. The van der Waals surface area contributed by atoms with Gasteiger partial charge in [-0.1, -0.05) is 24.8 Å². The van der Waals surface area contributed by atoms with Gasteiger partial charge in [-0.15, -0.1) is 0 Å². The van der Waals surface area contributed by atoms with Crippen LogP contribution in [0, 0.1) is 10.1 Å². The third-order valence-electron chi connectivity index (χ3n) is 3.14. The first-order valence-corrected chi connectivity index (χ1v) is 5.90. The van der Waals surface area contributed by atoms with E-state index >= 15 is 0 Å². The second-order valence-electron chi connectivity index (χ2n) is 4.26. The number of aromatic nitrogens is 2. The van der Waals surface area contributed by atoms with Gasteiger partial charge < -0.3 is 17.0 Å². The zero-order chi connectivity index (χ0) is 13.4. The molecule has 0 amide bonds. The highest BCUT2D eigenvalue weighted by molar-refractivity contribution is 5.76. The lowest BCUT2D eigenvalue weighted by Gasteiger charge is -1.93. The summed E-state index contributed by atoms with van der Waals surface area (Å²) in [5.74, 6) is 0. The Morgan fingerprint density at radius 3 is 2.75 bits per heavy atom. The molecule has 6 heteroatoms. The van der Waals surface area contributed by atoms with Crippen LogP contribution in [0.1, 0.15) is 0 Å². The summed E-state index contributed by atoms with van der Waals surface area (Å²) < 4.78 is 3.92. The predicted octanol–water partition coefficient (Wildman–Crippen LogP) is -0.522. The minimum Gasteiger partial charge on any atom is -1.00 e.